The molecule has 2 atom stereocenters. The Labute approximate surface area is 126 Å². The minimum absolute atomic E-state index is 0.0561. The molecule has 1 aromatic carbocycles. The minimum atomic E-state index is 0.0561. The van der Waals surface area contributed by atoms with Crippen molar-refractivity contribution >= 4 is 17.5 Å². The van der Waals surface area contributed by atoms with Gasteiger partial charge in [-0.1, -0.05) is 37.6 Å². The Hall–Kier alpha value is -1.06. The van der Waals surface area contributed by atoms with Crippen LogP contribution >= 0.6 is 11.6 Å². The number of piperidine rings is 1. The van der Waals surface area contributed by atoms with E-state index in [-0.39, 0.29) is 11.9 Å². The van der Waals surface area contributed by atoms with Gasteiger partial charge in [-0.2, -0.15) is 0 Å². The maximum atomic E-state index is 12.2. The highest BCUT2D eigenvalue weighted by molar-refractivity contribution is 6.30. The molecule has 1 aliphatic heterocycles. The van der Waals surface area contributed by atoms with E-state index < -0.39 is 0 Å². The van der Waals surface area contributed by atoms with Crippen LogP contribution in [-0.2, 0) is 4.79 Å². The van der Waals surface area contributed by atoms with Crippen LogP contribution in [0.4, 0.5) is 0 Å². The average Bonchev–Trinajstić information content (AvgIpc) is 2.38. The molecule has 1 heterocycles. The van der Waals surface area contributed by atoms with Gasteiger partial charge >= 0.3 is 0 Å². The maximum absolute atomic E-state index is 12.2. The smallest absolute Gasteiger partial charge is 0.222 e. The molecule has 0 aliphatic carbocycles. The molecule has 2 unspecified atom stereocenters. The fraction of sp³-hybridized carbons (Fsp3) is 0.562. The van der Waals surface area contributed by atoms with E-state index in [1.807, 2.05) is 29.2 Å². The molecule has 0 bridgehead atoms. The van der Waals surface area contributed by atoms with Crippen LogP contribution in [0.2, 0.25) is 5.02 Å². The number of hydrogen-bond donors (Lipinski definition) is 1. The van der Waals surface area contributed by atoms with Crippen molar-refractivity contribution in [3.05, 3.63) is 34.9 Å². The topological polar surface area (TPSA) is 46.3 Å². The summed E-state index contributed by atoms with van der Waals surface area (Å²) in [7, 11) is 0. The summed E-state index contributed by atoms with van der Waals surface area (Å²) >= 11 is 5.93. The van der Waals surface area contributed by atoms with Gasteiger partial charge in [0, 0.05) is 36.5 Å². The van der Waals surface area contributed by atoms with Crippen molar-refractivity contribution in [2.24, 2.45) is 11.7 Å². The predicted molar refractivity (Wildman–Crippen MR) is 82.8 cm³/mol. The number of rotatable bonds is 3. The zero-order chi connectivity index (χ0) is 14.7. The second kappa shape index (κ2) is 6.59. The third kappa shape index (κ3) is 3.97. The van der Waals surface area contributed by atoms with Crippen LogP contribution < -0.4 is 5.73 Å². The first-order valence-electron chi connectivity index (χ1n) is 7.24. The monoisotopic (exact) mass is 294 g/mol. The molecule has 110 valence electrons. The van der Waals surface area contributed by atoms with Gasteiger partial charge in [-0.25, -0.2) is 0 Å². The van der Waals surface area contributed by atoms with E-state index in [0.717, 1.165) is 18.0 Å². The second-order valence-electron chi connectivity index (χ2n) is 6.14. The molecule has 1 amide bonds. The summed E-state index contributed by atoms with van der Waals surface area (Å²) in [4.78, 5) is 14.2. The number of nitrogens with two attached hydrogens (primary N) is 1. The standard InChI is InChI=1S/C16H23ClN2O/c1-11(2)7-16(20)19-9-13(8-15(18)10-19)12-3-5-14(17)6-4-12/h3-6,11,13,15H,7-10,18H2,1-2H3. The van der Waals surface area contributed by atoms with Gasteiger partial charge in [-0.3, -0.25) is 4.79 Å². The molecule has 0 saturated carbocycles. The van der Waals surface area contributed by atoms with Crippen molar-refractivity contribution in [2.75, 3.05) is 13.1 Å². The number of nitrogens with zero attached hydrogens (tertiary/aromatic N) is 1. The number of amides is 1. The van der Waals surface area contributed by atoms with Gasteiger partial charge in [0.15, 0.2) is 0 Å². The third-order valence-corrected chi connectivity index (χ3v) is 4.01. The van der Waals surface area contributed by atoms with Crippen molar-refractivity contribution in [1.29, 1.82) is 0 Å². The molecule has 0 radical (unpaired) electrons. The van der Waals surface area contributed by atoms with Crippen LogP contribution in [0, 0.1) is 5.92 Å². The number of carbonyl (C=O) groups excluding carboxylic acids is 1. The summed E-state index contributed by atoms with van der Waals surface area (Å²) in [6, 6.07) is 7.93. The fourth-order valence-corrected chi connectivity index (χ4v) is 2.92. The van der Waals surface area contributed by atoms with Crippen LogP contribution in [0.5, 0.6) is 0 Å². The molecule has 20 heavy (non-hydrogen) atoms. The highest BCUT2D eigenvalue weighted by atomic mass is 35.5. The number of hydrogen-bond acceptors (Lipinski definition) is 2. The van der Waals surface area contributed by atoms with E-state index in [1.54, 1.807) is 0 Å². The molecule has 2 N–H and O–H groups in total. The Morgan fingerprint density at radius 1 is 1.35 bits per heavy atom. The Bertz CT molecular complexity index is 458. The first-order valence-corrected chi connectivity index (χ1v) is 7.62. The van der Waals surface area contributed by atoms with Crippen LogP contribution in [0.25, 0.3) is 0 Å². The lowest BCUT2D eigenvalue weighted by molar-refractivity contribution is -0.133. The molecule has 1 aromatic rings. The quantitative estimate of drug-likeness (QED) is 0.931. The van der Waals surface area contributed by atoms with Gasteiger partial charge in [-0.15, -0.1) is 0 Å². The van der Waals surface area contributed by atoms with Crippen LogP contribution in [0.15, 0.2) is 24.3 Å². The number of carbonyl (C=O) groups is 1. The molecule has 1 fully saturated rings. The molecule has 1 aliphatic rings. The zero-order valence-electron chi connectivity index (χ0n) is 12.2. The van der Waals surface area contributed by atoms with Gasteiger partial charge in [-0.05, 0) is 30.0 Å². The highest BCUT2D eigenvalue weighted by Gasteiger charge is 2.29. The van der Waals surface area contributed by atoms with E-state index >= 15 is 0 Å². The summed E-state index contributed by atoms with van der Waals surface area (Å²) in [5, 5.41) is 0.738. The van der Waals surface area contributed by atoms with Crippen LogP contribution in [0.3, 0.4) is 0 Å². The lowest BCUT2D eigenvalue weighted by atomic mass is 9.88. The fourth-order valence-electron chi connectivity index (χ4n) is 2.80. The Balaban J connectivity index is 2.08. The van der Waals surface area contributed by atoms with E-state index in [0.29, 0.717) is 24.8 Å². The molecule has 1 saturated heterocycles. The lowest BCUT2D eigenvalue weighted by Crippen LogP contribution is -2.48. The number of halogens is 1. The minimum Gasteiger partial charge on any atom is -0.341 e. The molecular weight excluding hydrogens is 272 g/mol. The summed E-state index contributed by atoms with van der Waals surface area (Å²) in [6.45, 7) is 5.58. The largest absolute Gasteiger partial charge is 0.341 e. The van der Waals surface area contributed by atoms with Gasteiger partial charge < -0.3 is 10.6 Å². The van der Waals surface area contributed by atoms with Gasteiger partial charge in [0.25, 0.3) is 0 Å². The van der Waals surface area contributed by atoms with Crippen molar-refractivity contribution < 1.29 is 4.79 Å². The van der Waals surface area contributed by atoms with E-state index in [9.17, 15) is 4.79 Å². The normalized spacial score (nSPS) is 23.1. The van der Waals surface area contributed by atoms with Gasteiger partial charge in [0.2, 0.25) is 5.91 Å². The molecule has 0 spiro atoms. The van der Waals surface area contributed by atoms with Crippen molar-refractivity contribution in [3.8, 4) is 0 Å². The highest BCUT2D eigenvalue weighted by Crippen LogP contribution is 2.28. The van der Waals surface area contributed by atoms with E-state index in [1.165, 1.54) is 5.56 Å². The third-order valence-electron chi connectivity index (χ3n) is 3.76. The summed E-state index contributed by atoms with van der Waals surface area (Å²) in [5.74, 6) is 0.913. The number of likely N-dealkylation sites (tertiary alicyclic amines) is 1. The van der Waals surface area contributed by atoms with Gasteiger partial charge in [0.1, 0.15) is 0 Å². The SMILES string of the molecule is CC(C)CC(=O)N1CC(N)CC(c2ccc(Cl)cc2)C1. The van der Waals surface area contributed by atoms with E-state index in [2.05, 4.69) is 13.8 Å². The summed E-state index contributed by atoms with van der Waals surface area (Å²) in [5.41, 5.74) is 7.35. The lowest BCUT2D eigenvalue weighted by Gasteiger charge is -2.37. The Morgan fingerprint density at radius 3 is 2.60 bits per heavy atom. The molecule has 4 heteroatoms. The van der Waals surface area contributed by atoms with E-state index in [4.69, 9.17) is 17.3 Å². The zero-order valence-corrected chi connectivity index (χ0v) is 12.9. The molecule has 2 rings (SSSR count). The summed E-state index contributed by atoms with van der Waals surface area (Å²) < 4.78 is 0. The van der Waals surface area contributed by atoms with Crippen molar-refractivity contribution in [1.82, 2.24) is 4.90 Å². The van der Waals surface area contributed by atoms with Crippen LogP contribution in [-0.4, -0.2) is 29.9 Å². The maximum Gasteiger partial charge on any atom is 0.222 e. The number of benzene rings is 1. The van der Waals surface area contributed by atoms with Crippen LogP contribution in [0.1, 0.15) is 38.2 Å². The predicted octanol–water partition coefficient (Wildman–Crippen LogP) is 3.03. The summed E-state index contributed by atoms with van der Waals surface area (Å²) in [6.07, 6.45) is 1.52. The molecule has 0 aromatic heterocycles. The van der Waals surface area contributed by atoms with Crippen molar-refractivity contribution in [2.45, 2.75) is 38.6 Å². The first-order chi connectivity index (χ1) is 9.45. The van der Waals surface area contributed by atoms with Gasteiger partial charge in [0.05, 0.1) is 0 Å². The molecule has 3 nitrogen and oxygen atoms in total. The Kier molecular flexibility index (Phi) is 5.06. The van der Waals surface area contributed by atoms with Crippen molar-refractivity contribution in [3.63, 3.8) is 0 Å². The Morgan fingerprint density at radius 2 is 2.00 bits per heavy atom. The molecular formula is C16H23ClN2O. The second-order valence-corrected chi connectivity index (χ2v) is 6.58. The first kappa shape index (κ1) is 15.3. The average molecular weight is 295 g/mol.